The summed E-state index contributed by atoms with van der Waals surface area (Å²) < 4.78 is 5.43. The number of carbonyl (C=O) groups excluding carboxylic acids is 1. The number of hydrogen-bond acceptors (Lipinski definition) is 7. The SMILES string of the molecule is O=C(c1cccs1)N1CC(CNc2n[nH]c(=O)s2)C2(COC2)C1. The fourth-order valence-corrected chi connectivity index (χ4v) is 4.44. The molecule has 2 N–H and O–H groups in total. The van der Waals surface area contributed by atoms with Crippen LogP contribution in [0.15, 0.2) is 22.3 Å². The highest BCUT2D eigenvalue weighted by Crippen LogP contribution is 2.43. The monoisotopic (exact) mass is 352 g/mol. The summed E-state index contributed by atoms with van der Waals surface area (Å²) >= 11 is 2.53. The smallest absolute Gasteiger partial charge is 0.324 e. The number of hydrogen-bond donors (Lipinski definition) is 2. The third-order valence-electron chi connectivity index (χ3n) is 4.55. The normalized spacial score (nSPS) is 22.3. The number of nitrogens with one attached hydrogen (secondary N) is 2. The average Bonchev–Trinajstić information content (AvgIpc) is 3.23. The van der Waals surface area contributed by atoms with Crippen molar-refractivity contribution in [3.05, 3.63) is 32.1 Å². The van der Waals surface area contributed by atoms with Gasteiger partial charge in [0.15, 0.2) is 0 Å². The zero-order valence-electron chi connectivity index (χ0n) is 12.3. The van der Waals surface area contributed by atoms with Crippen LogP contribution in [0, 0.1) is 11.3 Å². The molecule has 1 unspecified atom stereocenters. The number of H-pyrrole nitrogens is 1. The van der Waals surface area contributed by atoms with E-state index in [0.717, 1.165) is 22.8 Å². The van der Waals surface area contributed by atoms with Crippen molar-refractivity contribution in [3.8, 4) is 0 Å². The molecule has 2 aromatic rings. The predicted molar refractivity (Wildman–Crippen MR) is 88.2 cm³/mol. The van der Waals surface area contributed by atoms with Crippen LogP contribution in [0.5, 0.6) is 0 Å². The highest BCUT2D eigenvalue weighted by atomic mass is 32.1. The number of anilines is 1. The van der Waals surface area contributed by atoms with Crippen LogP contribution in [-0.2, 0) is 4.74 Å². The largest absolute Gasteiger partial charge is 0.380 e. The first-order valence-electron chi connectivity index (χ1n) is 7.36. The van der Waals surface area contributed by atoms with Crippen LogP contribution in [0.25, 0.3) is 0 Å². The molecule has 1 amide bonds. The maximum atomic E-state index is 12.6. The van der Waals surface area contributed by atoms with Gasteiger partial charge in [-0.15, -0.1) is 16.4 Å². The number of nitrogens with zero attached hydrogens (tertiary/aromatic N) is 2. The van der Waals surface area contributed by atoms with Crippen molar-refractivity contribution in [1.29, 1.82) is 0 Å². The predicted octanol–water partition coefficient (Wildman–Crippen LogP) is 1.09. The van der Waals surface area contributed by atoms with Gasteiger partial charge >= 0.3 is 4.87 Å². The lowest BCUT2D eigenvalue weighted by molar-refractivity contribution is -0.124. The molecular formula is C14H16N4O3S2. The number of rotatable bonds is 4. The van der Waals surface area contributed by atoms with Crippen molar-refractivity contribution in [2.45, 2.75) is 0 Å². The van der Waals surface area contributed by atoms with Gasteiger partial charge in [-0.3, -0.25) is 9.59 Å². The number of aromatic amines is 1. The first kappa shape index (κ1) is 14.9. The minimum absolute atomic E-state index is 0.0290. The molecule has 1 spiro atoms. The third-order valence-corrected chi connectivity index (χ3v) is 6.11. The quantitative estimate of drug-likeness (QED) is 0.860. The van der Waals surface area contributed by atoms with E-state index in [9.17, 15) is 9.59 Å². The minimum Gasteiger partial charge on any atom is -0.380 e. The van der Waals surface area contributed by atoms with Gasteiger partial charge in [-0.2, -0.15) is 0 Å². The summed E-state index contributed by atoms with van der Waals surface area (Å²) in [6.07, 6.45) is 0. The summed E-state index contributed by atoms with van der Waals surface area (Å²) in [6, 6.07) is 3.76. The van der Waals surface area contributed by atoms with Crippen LogP contribution in [0.4, 0.5) is 5.13 Å². The zero-order chi connectivity index (χ0) is 15.9. The standard InChI is InChI=1S/C14H16N4O3S2/c19-11(10-2-1-3-22-10)18-5-9(14(6-18)7-21-8-14)4-15-12-16-17-13(20)23-12/h1-3,9H,4-8H2,(H,15,16)(H,17,20). The molecule has 23 heavy (non-hydrogen) atoms. The van der Waals surface area contributed by atoms with Crippen LogP contribution in [-0.4, -0.2) is 53.9 Å². The Kier molecular flexibility index (Phi) is 3.70. The Labute approximate surface area is 140 Å². The van der Waals surface area contributed by atoms with Gasteiger partial charge in [-0.25, -0.2) is 5.10 Å². The van der Waals surface area contributed by atoms with Gasteiger partial charge in [0.2, 0.25) is 5.13 Å². The number of aromatic nitrogens is 2. The van der Waals surface area contributed by atoms with E-state index in [1.165, 1.54) is 11.3 Å². The lowest BCUT2D eigenvalue weighted by Gasteiger charge is -2.42. The first-order chi connectivity index (χ1) is 11.2. The van der Waals surface area contributed by atoms with E-state index in [0.29, 0.717) is 37.4 Å². The van der Waals surface area contributed by atoms with Crippen LogP contribution in [0.3, 0.4) is 0 Å². The maximum Gasteiger partial charge on any atom is 0.324 e. The molecule has 0 bridgehead atoms. The Morgan fingerprint density at radius 1 is 1.57 bits per heavy atom. The summed E-state index contributed by atoms with van der Waals surface area (Å²) in [6.45, 7) is 3.48. The highest BCUT2D eigenvalue weighted by Gasteiger charge is 2.52. The van der Waals surface area contributed by atoms with E-state index in [1.807, 2.05) is 22.4 Å². The van der Waals surface area contributed by atoms with Crippen LogP contribution in [0.2, 0.25) is 0 Å². The third kappa shape index (κ3) is 2.68. The summed E-state index contributed by atoms with van der Waals surface area (Å²) in [5.74, 6) is 0.386. The molecule has 9 heteroatoms. The molecule has 1 atom stereocenters. The van der Waals surface area contributed by atoms with Crippen molar-refractivity contribution in [2.24, 2.45) is 11.3 Å². The second kappa shape index (κ2) is 5.73. The number of thiophene rings is 1. The summed E-state index contributed by atoms with van der Waals surface area (Å²) in [4.78, 5) is 26.3. The van der Waals surface area contributed by atoms with Crippen molar-refractivity contribution < 1.29 is 9.53 Å². The molecule has 2 aliphatic rings. The lowest BCUT2D eigenvalue weighted by Crippen LogP contribution is -2.50. The Hall–Kier alpha value is -1.71. The Morgan fingerprint density at radius 2 is 2.43 bits per heavy atom. The molecule has 0 radical (unpaired) electrons. The maximum absolute atomic E-state index is 12.6. The van der Waals surface area contributed by atoms with Crippen molar-refractivity contribution in [1.82, 2.24) is 15.1 Å². The van der Waals surface area contributed by atoms with E-state index in [-0.39, 0.29) is 16.2 Å². The van der Waals surface area contributed by atoms with Crippen molar-refractivity contribution in [3.63, 3.8) is 0 Å². The Balaban J connectivity index is 1.46. The summed E-state index contributed by atoms with van der Waals surface area (Å²) in [5.41, 5.74) is 0.0290. The Bertz CT molecular complexity index is 750. The number of amides is 1. The number of likely N-dealkylation sites (tertiary alicyclic amines) is 1. The molecule has 2 aliphatic heterocycles. The molecule has 122 valence electrons. The molecule has 4 rings (SSSR count). The van der Waals surface area contributed by atoms with Gasteiger partial charge in [0.05, 0.1) is 18.1 Å². The molecule has 0 aliphatic carbocycles. The van der Waals surface area contributed by atoms with E-state index in [4.69, 9.17) is 4.74 Å². The second-order valence-corrected chi connectivity index (χ2v) is 7.92. The highest BCUT2D eigenvalue weighted by molar-refractivity contribution is 7.13. The van der Waals surface area contributed by atoms with Crippen LogP contribution >= 0.6 is 22.7 Å². The van der Waals surface area contributed by atoms with Gasteiger partial charge in [0.1, 0.15) is 0 Å². The van der Waals surface area contributed by atoms with E-state index >= 15 is 0 Å². The van der Waals surface area contributed by atoms with E-state index in [1.54, 1.807) is 0 Å². The molecule has 2 saturated heterocycles. The second-order valence-electron chi connectivity index (χ2n) is 6.01. The molecule has 4 heterocycles. The van der Waals surface area contributed by atoms with Crippen LogP contribution in [0.1, 0.15) is 9.67 Å². The van der Waals surface area contributed by atoms with Crippen LogP contribution < -0.4 is 10.2 Å². The molecule has 0 aromatic carbocycles. The van der Waals surface area contributed by atoms with E-state index < -0.39 is 0 Å². The average molecular weight is 352 g/mol. The van der Waals surface area contributed by atoms with Gasteiger partial charge < -0.3 is 15.0 Å². The molecular weight excluding hydrogens is 336 g/mol. The molecule has 0 saturated carbocycles. The summed E-state index contributed by atoms with van der Waals surface area (Å²) in [5, 5.41) is 12.0. The first-order valence-corrected chi connectivity index (χ1v) is 9.06. The zero-order valence-corrected chi connectivity index (χ0v) is 13.9. The van der Waals surface area contributed by atoms with Crippen molar-refractivity contribution >= 4 is 33.7 Å². The Morgan fingerprint density at radius 3 is 3.04 bits per heavy atom. The molecule has 2 fully saturated rings. The fraction of sp³-hybridized carbons (Fsp3) is 0.500. The van der Waals surface area contributed by atoms with Gasteiger partial charge in [0, 0.05) is 31.0 Å². The number of carbonyl (C=O) groups is 1. The van der Waals surface area contributed by atoms with Gasteiger partial charge in [-0.1, -0.05) is 6.07 Å². The van der Waals surface area contributed by atoms with Gasteiger partial charge in [0.25, 0.3) is 5.91 Å². The summed E-state index contributed by atoms with van der Waals surface area (Å²) in [7, 11) is 0. The minimum atomic E-state index is -0.171. The molecule has 2 aromatic heterocycles. The topological polar surface area (TPSA) is 87.3 Å². The lowest BCUT2D eigenvalue weighted by atomic mass is 9.76. The fourth-order valence-electron chi connectivity index (χ4n) is 3.23. The molecule has 7 nitrogen and oxygen atoms in total. The van der Waals surface area contributed by atoms with Crippen molar-refractivity contribution in [2.75, 3.05) is 38.2 Å². The van der Waals surface area contributed by atoms with E-state index in [2.05, 4.69) is 15.5 Å². The number of ether oxygens (including phenoxy) is 1. The van der Waals surface area contributed by atoms with Gasteiger partial charge in [-0.05, 0) is 22.8 Å².